The van der Waals surface area contributed by atoms with Gasteiger partial charge in [-0.25, -0.2) is 0 Å². The van der Waals surface area contributed by atoms with Gasteiger partial charge >= 0.3 is 0 Å². The van der Waals surface area contributed by atoms with E-state index in [0.29, 0.717) is 6.42 Å². The van der Waals surface area contributed by atoms with Gasteiger partial charge in [-0.2, -0.15) is 0 Å². The number of rotatable bonds is 3. The van der Waals surface area contributed by atoms with Gasteiger partial charge in [-0.3, -0.25) is 4.79 Å². The number of hydrogen-bond donors (Lipinski definition) is 1. The SMILES string of the molecule is CC(=O)Cc1c[nH]c2ccc(-c3ccccc3)cc12. The molecule has 0 aliphatic rings. The Bertz CT molecular complexity index is 725. The smallest absolute Gasteiger partial charge is 0.134 e. The molecule has 0 fully saturated rings. The third kappa shape index (κ3) is 2.29. The third-order valence-electron chi connectivity index (χ3n) is 3.31. The van der Waals surface area contributed by atoms with Crippen LogP contribution in [0.3, 0.4) is 0 Å². The second-order valence-electron chi connectivity index (χ2n) is 4.82. The summed E-state index contributed by atoms with van der Waals surface area (Å²) in [6.45, 7) is 1.62. The molecule has 1 N–H and O–H groups in total. The summed E-state index contributed by atoms with van der Waals surface area (Å²) in [6, 6.07) is 16.6. The first-order valence-electron chi connectivity index (χ1n) is 6.39. The normalized spacial score (nSPS) is 10.8. The molecule has 0 spiro atoms. The number of aromatic amines is 1. The van der Waals surface area contributed by atoms with Crippen molar-refractivity contribution in [1.29, 1.82) is 0 Å². The molecule has 0 saturated carbocycles. The maximum atomic E-state index is 11.3. The second-order valence-corrected chi connectivity index (χ2v) is 4.82. The Hall–Kier alpha value is -2.35. The van der Waals surface area contributed by atoms with E-state index in [9.17, 15) is 4.79 Å². The van der Waals surface area contributed by atoms with Gasteiger partial charge in [-0.1, -0.05) is 36.4 Å². The summed E-state index contributed by atoms with van der Waals surface area (Å²) in [4.78, 5) is 14.5. The van der Waals surface area contributed by atoms with Gasteiger partial charge in [0.2, 0.25) is 0 Å². The number of carbonyl (C=O) groups is 1. The molecule has 3 rings (SSSR count). The number of aromatic nitrogens is 1. The second kappa shape index (κ2) is 4.73. The van der Waals surface area contributed by atoms with E-state index in [1.807, 2.05) is 24.4 Å². The molecule has 0 bridgehead atoms. The molecular formula is C17H15NO. The van der Waals surface area contributed by atoms with Crippen LogP contribution in [0, 0.1) is 0 Å². The molecule has 1 heterocycles. The van der Waals surface area contributed by atoms with E-state index in [1.165, 1.54) is 11.1 Å². The highest BCUT2D eigenvalue weighted by Crippen LogP contribution is 2.26. The molecule has 0 radical (unpaired) electrons. The van der Waals surface area contributed by atoms with Crippen LogP contribution in [0.25, 0.3) is 22.0 Å². The maximum absolute atomic E-state index is 11.3. The number of nitrogens with one attached hydrogen (secondary N) is 1. The van der Waals surface area contributed by atoms with Crippen molar-refractivity contribution in [2.45, 2.75) is 13.3 Å². The fourth-order valence-electron chi connectivity index (χ4n) is 2.40. The Balaban J connectivity index is 2.11. The van der Waals surface area contributed by atoms with Gasteiger partial charge in [0.1, 0.15) is 5.78 Å². The predicted molar refractivity (Wildman–Crippen MR) is 78.1 cm³/mol. The largest absolute Gasteiger partial charge is 0.361 e. The first-order chi connectivity index (χ1) is 9.24. The summed E-state index contributed by atoms with van der Waals surface area (Å²) in [6.07, 6.45) is 2.42. The minimum atomic E-state index is 0.186. The van der Waals surface area contributed by atoms with E-state index in [-0.39, 0.29) is 5.78 Å². The van der Waals surface area contributed by atoms with Crippen molar-refractivity contribution in [3.8, 4) is 11.1 Å². The van der Waals surface area contributed by atoms with Gasteiger partial charge in [-0.05, 0) is 35.7 Å². The van der Waals surface area contributed by atoms with Gasteiger partial charge in [-0.15, -0.1) is 0 Å². The third-order valence-corrected chi connectivity index (χ3v) is 3.31. The zero-order chi connectivity index (χ0) is 13.2. The molecule has 2 heteroatoms. The Morgan fingerprint density at radius 3 is 2.58 bits per heavy atom. The van der Waals surface area contributed by atoms with Crippen molar-refractivity contribution in [3.05, 3.63) is 60.3 Å². The first kappa shape index (κ1) is 11.7. The van der Waals surface area contributed by atoms with E-state index in [4.69, 9.17) is 0 Å². The van der Waals surface area contributed by atoms with Crippen molar-refractivity contribution in [1.82, 2.24) is 4.98 Å². The van der Waals surface area contributed by atoms with E-state index in [2.05, 4.69) is 35.3 Å². The lowest BCUT2D eigenvalue weighted by Crippen LogP contribution is -1.94. The fraction of sp³-hybridized carbons (Fsp3) is 0.118. The topological polar surface area (TPSA) is 32.9 Å². The molecule has 2 aromatic carbocycles. The molecule has 1 aromatic heterocycles. The minimum Gasteiger partial charge on any atom is -0.361 e. The summed E-state index contributed by atoms with van der Waals surface area (Å²) in [5, 5.41) is 1.14. The lowest BCUT2D eigenvalue weighted by molar-refractivity contribution is -0.116. The molecule has 2 nitrogen and oxygen atoms in total. The van der Waals surface area contributed by atoms with Crippen molar-refractivity contribution >= 4 is 16.7 Å². The Labute approximate surface area is 112 Å². The number of carbonyl (C=O) groups excluding carboxylic acids is 1. The van der Waals surface area contributed by atoms with Crippen molar-refractivity contribution in [2.75, 3.05) is 0 Å². The van der Waals surface area contributed by atoms with Crippen molar-refractivity contribution in [3.63, 3.8) is 0 Å². The molecular weight excluding hydrogens is 234 g/mol. The summed E-state index contributed by atoms with van der Waals surface area (Å²) in [5.74, 6) is 0.186. The van der Waals surface area contributed by atoms with E-state index < -0.39 is 0 Å². The quantitative estimate of drug-likeness (QED) is 0.748. The highest BCUT2D eigenvalue weighted by molar-refractivity contribution is 5.91. The fourth-order valence-corrected chi connectivity index (χ4v) is 2.40. The number of H-pyrrole nitrogens is 1. The molecule has 0 amide bonds. The number of fused-ring (bicyclic) bond motifs is 1. The molecule has 0 aliphatic carbocycles. The van der Waals surface area contributed by atoms with Crippen LogP contribution in [-0.2, 0) is 11.2 Å². The Morgan fingerprint density at radius 1 is 1.05 bits per heavy atom. The lowest BCUT2D eigenvalue weighted by Gasteiger charge is -2.03. The molecule has 0 saturated heterocycles. The number of Topliss-reactive ketones (excluding diaryl/α,β-unsaturated/α-hetero) is 1. The van der Waals surface area contributed by atoms with Gasteiger partial charge < -0.3 is 4.98 Å². The molecule has 0 aliphatic heterocycles. The number of hydrogen-bond acceptors (Lipinski definition) is 1. The zero-order valence-corrected chi connectivity index (χ0v) is 10.8. The standard InChI is InChI=1S/C17H15NO/c1-12(19)9-15-11-18-17-8-7-14(10-16(15)17)13-5-3-2-4-6-13/h2-8,10-11,18H,9H2,1H3. The summed E-state index contributed by atoms with van der Waals surface area (Å²) >= 11 is 0. The molecule has 0 unspecified atom stereocenters. The summed E-state index contributed by atoms with van der Waals surface area (Å²) < 4.78 is 0. The number of ketones is 1. The van der Waals surface area contributed by atoms with Crippen LogP contribution in [0.5, 0.6) is 0 Å². The highest BCUT2D eigenvalue weighted by atomic mass is 16.1. The lowest BCUT2D eigenvalue weighted by atomic mass is 10.0. The van der Waals surface area contributed by atoms with Crippen LogP contribution < -0.4 is 0 Å². The van der Waals surface area contributed by atoms with Crippen LogP contribution in [0.1, 0.15) is 12.5 Å². The zero-order valence-electron chi connectivity index (χ0n) is 10.8. The first-order valence-corrected chi connectivity index (χ1v) is 6.39. The van der Waals surface area contributed by atoms with E-state index >= 15 is 0 Å². The molecule has 19 heavy (non-hydrogen) atoms. The van der Waals surface area contributed by atoms with Gasteiger partial charge in [0, 0.05) is 23.5 Å². The molecule has 94 valence electrons. The van der Waals surface area contributed by atoms with Crippen LogP contribution in [0.15, 0.2) is 54.7 Å². The average molecular weight is 249 g/mol. The Morgan fingerprint density at radius 2 is 1.84 bits per heavy atom. The van der Waals surface area contributed by atoms with Crippen LogP contribution in [0.4, 0.5) is 0 Å². The molecule has 0 atom stereocenters. The Kier molecular flexibility index (Phi) is 2.92. The minimum absolute atomic E-state index is 0.186. The van der Waals surface area contributed by atoms with Crippen LogP contribution >= 0.6 is 0 Å². The van der Waals surface area contributed by atoms with Crippen molar-refractivity contribution in [2.24, 2.45) is 0 Å². The van der Waals surface area contributed by atoms with Crippen LogP contribution in [0.2, 0.25) is 0 Å². The van der Waals surface area contributed by atoms with Crippen LogP contribution in [-0.4, -0.2) is 10.8 Å². The average Bonchev–Trinajstić information content (AvgIpc) is 2.82. The van der Waals surface area contributed by atoms with Gasteiger partial charge in [0.25, 0.3) is 0 Å². The van der Waals surface area contributed by atoms with Gasteiger partial charge in [0.05, 0.1) is 0 Å². The summed E-state index contributed by atoms with van der Waals surface area (Å²) in [7, 11) is 0. The number of benzene rings is 2. The maximum Gasteiger partial charge on any atom is 0.134 e. The molecule has 3 aromatic rings. The monoisotopic (exact) mass is 249 g/mol. The van der Waals surface area contributed by atoms with Gasteiger partial charge in [0.15, 0.2) is 0 Å². The van der Waals surface area contributed by atoms with Crippen molar-refractivity contribution < 1.29 is 4.79 Å². The van der Waals surface area contributed by atoms with E-state index in [1.54, 1.807) is 6.92 Å². The van der Waals surface area contributed by atoms with E-state index in [0.717, 1.165) is 16.5 Å². The highest BCUT2D eigenvalue weighted by Gasteiger charge is 2.07. The predicted octanol–water partition coefficient (Wildman–Crippen LogP) is 3.97. The summed E-state index contributed by atoms with van der Waals surface area (Å²) in [5.41, 5.74) is 4.52.